The molecule has 0 saturated carbocycles. The fourth-order valence-corrected chi connectivity index (χ4v) is 1.21. The van der Waals surface area contributed by atoms with E-state index in [1.54, 1.807) is 31.2 Å². The van der Waals surface area contributed by atoms with Crippen molar-refractivity contribution in [2.45, 2.75) is 6.92 Å². The van der Waals surface area contributed by atoms with Crippen LogP contribution in [-0.4, -0.2) is 19.7 Å². The summed E-state index contributed by atoms with van der Waals surface area (Å²) in [7, 11) is 1.38. The van der Waals surface area contributed by atoms with Crippen molar-refractivity contribution in [3.63, 3.8) is 0 Å². The Balaban J connectivity index is 2.55. The van der Waals surface area contributed by atoms with Crippen molar-refractivity contribution in [2.75, 3.05) is 19.1 Å². The lowest BCUT2D eigenvalue weighted by atomic mass is 10.3. The van der Waals surface area contributed by atoms with Gasteiger partial charge in [-0.25, -0.2) is 9.64 Å². The Morgan fingerprint density at radius 1 is 1.42 bits per heavy atom. The van der Waals surface area contributed by atoms with E-state index in [-0.39, 0.29) is 12.4 Å². The third-order valence-electron chi connectivity index (χ3n) is 2.11. The molecule has 0 unspecified atom stereocenters. The summed E-state index contributed by atoms with van der Waals surface area (Å²) < 4.78 is 9.68. The predicted molar refractivity (Wildman–Crippen MR) is 71.2 cm³/mol. The fourth-order valence-electron chi connectivity index (χ4n) is 1.21. The Hall–Kier alpha value is -2.68. The van der Waals surface area contributed by atoms with Gasteiger partial charge >= 0.3 is 5.97 Å². The zero-order valence-corrected chi connectivity index (χ0v) is 10.8. The van der Waals surface area contributed by atoms with Gasteiger partial charge in [-0.2, -0.15) is 0 Å². The van der Waals surface area contributed by atoms with E-state index in [9.17, 15) is 4.79 Å². The second-order valence-electron chi connectivity index (χ2n) is 3.36. The third-order valence-corrected chi connectivity index (χ3v) is 2.11. The standard InChI is InChI=1S/C13H15N3O3/c1-4-19-13(17)12(18-3)9-15-16-11-7-5-10(14-2)6-8-11/h5-9,15-16H,4H2,1,3H3/b12-9-. The lowest BCUT2D eigenvalue weighted by molar-refractivity contribution is -0.142. The number of nitrogens with one attached hydrogen (secondary N) is 2. The molecule has 2 N–H and O–H groups in total. The molecule has 0 fully saturated rings. The van der Waals surface area contributed by atoms with Gasteiger partial charge in [-0.1, -0.05) is 12.1 Å². The number of carbonyl (C=O) groups is 1. The zero-order valence-electron chi connectivity index (χ0n) is 10.8. The number of esters is 1. The molecular formula is C13H15N3O3. The number of hydrogen-bond donors (Lipinski definition) is 2. The van der Waals surface area contributed by atoms with Crippen molar-refractivity contribution in [2.24, 2.45) is 0 Å². The van der Waals surface area contributed by atoms with E-state index in [0.29, 0.717) is 5.69 Å². The molecule has 0 amide bonds. The Morgan fingerprint density at radius 2 is 2.11 bits per heavy atom. The monoisotopic (exact) mass is 261 g/mol. The molecule has 6 heteroatoms. The molecule has 0 heterocycles. The first kappa shape index (κ1) is 14.4. The number of nitrogens with zero attached hydrogens (tertiary/aromatic N) is 1. The quantitative estimate of drug-likeness (QED) is 0.270. The van der Waals surface area contributed by atoms with E-state index < -0.39 is 5.97 Å². The molecule has 0 saturated heterocycles. The highest BCUT2D eigenvalue weighted by atomic mass is 16.6. The Labute approximate surface area is 111 Å². The first-order valence-electron chi connectivity index (χ1n) is 5.61. The van der Waals surface area contributed by atoms with Gasteiger partial charge in [0.2, 0.25) is 5.76 Å². The number of methoxy groups -OCH3 is 1. The SMILES string of the molecule is [C-]#[N+]c1ccc(NN/C=C(\OC)C(=O)OCC)cc1. The van der Waals surface area contributed by atoms with Crippen LogP contribution in [0.3, 0.4) is 0 Å². The van der Waals surface area contributed by atoms with Crippen molar-refractivity contribution in [3.8, 4) is 0 Å². The van der Waals surface area contributed by atoms with Crippen LogP contribution in [-0.2, 0) is 14.3 Å². The van der Waals surface area contributed by atoms with Gasteiger partial charge in [0.1, 0.15) is 0 Å². The van der Waals surface area contributed by atoms with Crippen molar-refractivity contribution >= 4 is 17.3 Å². The number of rotatable bonds is 6. The Kier molecular flexibility index (Phi) is 5.76. The predicted octanol–water partition coefficient (Wildman–Crippen LogP) is 2.20. The van der Waals surface area contributed by atoms with E-state index in [2.05, 4.69) is 15.7 Å². The number of hydrogen-bond acceptors (Lipinski definition) is 5. The highest BCUT2D eigenvalue weighted by molar-refractivity contribution is 5.86. The van der Waals surface area contributed by atoms with Gasteiger partial charge in [-0.05, 0) is 19.1 Å². The van der Waals surface area contributed by atoms with Crippen LogP contribution in [0.15, 0.2) is 36.2 Å². The van der Waals surface area contributed by atoms with Crippen LogP contribution in [0.4, 0.5) is 11.4 Å². The lowest BCUT2D eigenvalue weighted by Crippen LogP contribution is -2.18. The average molecular weight is 261 g/mol. The Bertz CT molecular complexity index is 489. The van der Waals surface area contributed by atoms with Crippen molar-refractivity contribution in [3.05, 3.63) is 47.6 Å². The maximum absolute atomic E-state index is 11.4. The van der Waals surface area contributed by atoms with Gasteiger partial charge in [-0.3, -0.25) is 0 Å². The van der Waals surface area contributed by atoms with Crippen LogP contribution in [0, 0.1) is 6.57 Å². The smallest absolute Gasteiger partial charge is 0.375 e. The van der Waals surface area contributed by atoms with Gasteiger partial charge in [0, 0.05) is 0 Å². The summed E-state index contributed by atoms with van der Waals surface area (Å²) in [5, 5.41) is 0. The van der Waals surface area contributed by atoms with E-state index in [1.165, 1.54) is 13.3 Å². The van der Waals surface area contributed by atoms with Crippen LogP contribution in [0.25, 0.3) is 4.85 Å². The molecule has 0 aliphatic heterocycles. The summed E-state index contributed by atoms with van der Waals surface area (Å²) in [6.07, 6.45) is 1.36. The summed E-state index contributed by atoms with van der Waals surface area (Å²) >= 11 is 0. The van der Waals surface area contributed by atoms with E-state index in [4.69, 9.17) is 16.0 Å². The number of benzene rings is 1. The molecule has 0 aromatic heterocycles. The molecule has 19 heavy (non-hydrogen) atoms. The van der Waals surface area contributed by atoms with Crippen LogP contribution in [0.2, 0.25) is 0 Å². The number of ether oxygens (including phenoxy) is 2. The summed E-state index contributed by atoms with van der Waals surface area (Å²) in [6, 6.07) is 6.85. The highest BCUT2D eigenvalue weighted by Gasteiger charge is 2.09. The van der Waals surface area contributed by atoms with Crippen LogP contribution < -0.4 is 10.9 Å². The molecule has 0 aliphatic rings. The third kappa shape index (κ3) is 4.60. The first-order chi connectivity index (χ1) is 9.21. The molecule has 6 nitrogen and oxygen atoms in total. The number of carbonyl (C=O) groups excluding carboxylic acids is 1. The molecule has 0 spiro atoms. The summed E-state index contributed by atoms with van der Waals surface area (Å²) in [4.78, 5) is 14.7. The molecule has 0 atom stereocenters. The van der Waals surface area contributed by atoms with Crippen LogP contribution >= 0.6 is 0 Å². The van der Waals surface area contributed by atoms with Crippen molar-refractivity contribution in [1.82, 2.24) is 5.43 Å². The fraction of sp³-hybridized carbons (Fsp3) is 0.231. The summed E-state index contributed by atoms with van der Waals surface area (Å²) in [6.45, 7) is 8.83. The molecule has 0 radical (unpaired) electrons. The van der Waals surface area contributed by atoms with Crippen LogP contribution in [0.1, 0.15) is 6.92 Å². The molecule has 1 aromatic rings. The average Bonchev–Trinajstić information content (AvgIpc) is 2.44. The van der Waals surface area contributed by atoms with Gasteiger partial charge < -0.3 is 20.3 Å². The van der Waals surface area contributed by atoms with Gasteiger partial charge in [-0.15, -0.1) is 0 Å². The molecule has 0 aliphatic carbocycles. The minimum Gasteiger partial charge on any atom is -0.489 e. The summed E-state index contributed by atoms with van der Waals surface area (Å²) in [5.74, 6) is -0.477. The van der Waals surface area contributed by atoms with Gasteiger partial charge in [0.25, 0.3) is 0 Å². The molecule has 0 bridgehead atoms. The van der Waals surface area contributed by atoms with E-state index in [0.717, 1.165) is 5.69 Å². The van der Waals surface area contributed by atoms with Crippen LogP contribution in [0.5, 0.6) is 0 Å². The molecule has 1 rings (SSSR count). The van der Waals surface area contributed by atoms with Gasteiger partial charge in [0.15, 0.2) is 5.69 Å². The molecular weight excluding hydrogens is 246 g/mol. The van der Waals surface area contributed by atoms with E-state index in [1.807, 2.05) is 0 Å². The minimum absolute atomic E-state index is 0.0622. The number of anilines is 1. The lowest BCUT2D eigenvalue weighted by Gasteiger charge is -2.08. The maximum Gasteiger partial charge on any atom is 0.375 e. The molecule has 1 aromatic carbocycles. The second kappa shape index (κ2) is 7.61. The minimum atomic E-state index is -0.539. The second-order valence-corrected chi connectivity index (χ2v) is 3.36. The maximum atomic E-state index is 11.4. The van der Waals surface area contributed by atoms with Crippen molar-refractivity contribution in [1.29, 1.82) is 0 Å². The molecule has 100 valence electrons. The Morgan fingerprint density at radius 3 is 2.63 bits per heavy atom. The van der Waals surface area contributed by atoms with Crippen molar-refractivity contribution < 1.29 is 14.3 Å². The van der Waals surface area contributed by atoms with Gasteiger partial charge in [0.05, 0.1) is 32.2 Å². The largest absolute Gasteiger partial charge is 0.489 e. The highest BCUT2D eigenvalue weighted by Crippen LogP contribution is 2.15. The zero-order chi connectivity index (χ0) is 14.1. The van der Waals surface area contributed by atoms with E-state index >= 15 is 0 Å². The number of hydrazine groups is 1. The first-order valence-corrected chi connectivity index (χ1v) is 5.61. The summed E-state index contributed by atoms with van der Waals surface area (Å²) in [5.41, 5.74) is 6.87. The normalized spacial score (nSPS) is 10.3. The topological polar surface area (TPSA) is 64.0 Å².